The van der Waals surface area contributed by atoms with Crippen LogP contribution in [0.2, 0.25) is 0 Å². The highest BCUT2D eigenvalue weighted by Crippen LogP contribution is 2.31. The van der Waals surface area contributed by atoms with Gasteiger partial charge in [0.05, 0.1) is 23.3 Å². The Hall–Kier alpha value is -3.60. The van der Waals surface area contributed by atoms with Crippen LogP contribution in [0.3, 0.4) is 0 Å². The van der Waals surface area contributed by atoms with Crippen molar-refractivity contribution in [2.45, 2.75) is 64.2 Å². The molecule has 0 aliphatic heterocycles. The van der Waals surface area contributed by atoms with Crippen molar-refractivity contribution in [2.24, 2.45) is 0 Å². The van der Waals surface area contributed by atoms with Gasteiger partial charge in [-0.15, -0.1) is 0 Å². The van der Waals surface area contributed by atoms with Gasteiger partial charge in [-0.05, 0) is 58.6 Å². The summed E-state index contributed by atoms with van der Waals surface area (Å²) in [6, 6.07) is 4.09. The van der Waals surface area contributed by atoms with Crippen LogP contribution in [-0.2, 0) is 9.47 Å². The number of rotatable bonds is 3. The van der Waals surface area contributed by atoms with E-state index in [0.717, 1.165) is 17.4 Å². The molecule has 35 heavy (non-hydrogen) atoms. The van der Waals surface area contributed by atoms with Crippen LogP contribution < -0.4 is 5.69 Å². The first-order valence-electron chi connectivity index (χ1n) is 11.6. The molecular weight excluding hydrogens is 455 g/mol. The lowest BCUT2D eigenvalue weighted by molar-refractivity contribution is 0.0523. The van der Waals surface area contributed by atoms with Crippen LogP contribution in [0.4, 0.5) is 9.18 Å². The van der Waals surface area contributed by atoms with Crippen molar-refractivity contribution in [3.8, 4) is 5.95 Å². The molecule has 1 aliphatic rings. The van der Waals surface area contributed by atoms with E-state index in [0.29, 0.717) is 29.5 Å². The third kappa shape index (κ3) is 4.20. The average molecular weight is 483 g/mol. The van der Waals surface area contributed by atoms with Crippen molar-refractivity contribution < 1.29 is 18.7 Å². The fourth-order valence-electron chi connectivity index (χ4n) is 4.60. The molecule has 11 heteroatoms. The summed E-state index contributed by atoms with van der Waals surface area (Å²) in [7, 11) is 1.68. The summed E-state index contributed by atoms with van der Waals surface area (Å²) in [5.41, 5.74) is 0.315. The van der Waals surface area contributed by atoms with E-state index in [4.69, 9.17) is 9.47 Å². The van der Waals surface area contributed by atoms with Crippen molar-refractivity contribution in [2.75, 3.05) is 7.11 Å². The maximum Gasteiger partial charge on any atom is 0.423 e. The van der Waals surface area contributed by atoms with E-state index in [1.165, 1.54) is 24.7 Å². The summed E-state index contributed by atoms with van der Waals surface area (Å²) in [5, 5.41) is 0. The fourth-order valence-corrected chi connectivity index (χ4v) is 4.60. The number of halogens is 1. The number of nitrogens with zero attached hydrogens (tertiary/aromatic N) is 6. The Kier molecular flexibility index (Phi) is 5.66. The van der Waals surface area contributed by atoms with Gasteiger partial charge in [0.2, 0.25) is 5.95 Å². The van der Waals surface area contributed by atoms with Gasteiger partial charge < -0.3 is 9.47 Å². The molecule has 4 aromatic rings. The minimum atomic E-state index is -0.790. The number of benzene rings is 1. The Morgan fingerprint density at radius 3 is 2.54 bits per heavy atom. The van der Waals surface area contributed by atoms with Gasteiger partial charge in [0, 0.05) is 19.2 Å². The number of fused-ring (bicyclic) bond motifs is 2. The lowest BCUT2D eigenvalue weighted by atomic mass is 9.93. The van der Waals surface area contributed by atoms with Crippen LogP contribution in [0.1, 0.15) is 52.5 Å². The minimum Gasteiger partial charge on any atom is -0.443 e. The van der Waals surface area contributed by atoms with Gasteiger partial charge in [-0.25, -0.2) is 23.9 Å². The predicted molar refractivity (Wildman–Crippen MR) is 126 cm³/mol. The zero-order chi connectivity index (χ0) is 24.9. The number of carbonyl (C=O) groups excluding carboxylic acids is 1. The zero-order valence-electron chi connectivity index (χ0n) is 20.1. The van der Waals surface area contributed by atoms with Gasteiger partial charge in [0.25, 0.3) is 0 Å². The molecule has 1 aromatic carbocycles. The lowest BCUT2D eigenvalue weighted by Gasteiger charge is -2.28. The van der Waals surface area contributed by atoms with Crippen molar-refractivity contribution >= 4 is 28.3 Å². The van der Waals surface area contributed by atoms with E-state index < -0.39 is 23.2 Å². The Morgan fingerprint density at radius 2 is 1.86 bits per heavy atom. The summed E-state index contributed by atoms with van der Waals surface area (Å²) in [6.07, 6.45) is 5.25. The summed E-state index contributed by atoms with van der Waals surface area (Å²) in [5.74, 6) is -0.200. The predicted octanol–water partition coefficient (Wildman–Crippen LogP) is 3.98. The van der Waals surface area contributed by atoms with E-state index >= 15 is 0 Å². The molecule has 0 unspecified atom stereocenters. The van der Waals surface area contributed by atoms with Crippen LogP contribution in [0.15, 0.2) is 35.5 Å². The van der Waals surface area contributed by atoms with Crippen LogP contribution in [-0.4, -0.2) is 53.6 Å². The van der Waals surface area contributed by atoms with E-state index in [9.17, 15) is 14.0 Å². The number of methoxy groups -OCH3 is 1. The molecule has 10 nitrogen and oxygen atoms in total. The Balaban J connectivity index is 1.68. The molecule has 184 valence electrons. The van der Waals surface area contributed by atoms with Crippen LogP contribution >= 0.6 is 0 Å². The van der Waals surface area contributed by atoms with Gasteiger partial charge in [-0.2, -0.15) is 9.55 Å². The lowest BCUT2D eigenvalue weighted by Crippen LogP contribution is -2.36. The third-order valence-corrected chi connectivity index (χ3v) is 6.25. The van der Waals surface area contributed by atoms with E-state index in [2.05, 4.69) is 15.0 Å². The second-order valence-corrected chi connectivity index (χ2v) is 9.76. The smallest absolute Gasteiger partial charge is 0.423 e. The quantitative estimate of drug-likeness (QED) is 0.435. The van der Waals surface area contributed by atoms with E-state index in [-0.39, 0.29) is 23.6 Å². The second-order valence-electron chi connectivity index (χ2n) is 9.76. The average Bonchev–Trinajstić information content (AvgIpc) is 3.35. The molecule has 0 radical (unpaired) electrons. The molecule has 1 saturated carbocycles. The first-order chi connectivity index (χ1) is 16.7. The molecule has 3 aromatic heterocycles. The van der Waals surface area contributed by atoms with Crippen LogP contribution in [0, 0.1) is 5.82 Å². The summed E-state index contributed by atoms with van der Waals surface area (Å²) >= 11 is 0. The topological polar surface area (TPSA) is 106 Å². The SMILES string of the molecule is COC1CCC(n2c(=O)n(C(=O)OC(C)(C)C)c3cnc(-n4cnc5ccc(F)cc54)nc32)CC1. The molecule has 0 N–H and O–H groups in total. The Labute approximate surface area is 200 Å². The molecule has 3 heterocycles. The van der Waals surface area contributed by atoms with Gasteiger partial charge in [0.15, 0.2) is 5.65 Å². The van der Waals surface area contributed by atoms with Crippen molar-refractivity contribution in [3.63, 3.8) is 0 Å². The number of aromatic nitrogens is 6. The summed E-state index contributed by atoms with van der Waals surface area (Å²) < 4.78 is 29.0. The van der Waals surface area contributed by atoms with Gasteiger partial charge in [-0.1, -0.05) is 0 Å². The first-order valence-corrected chi connectivity index (χ1v) is 11.6. The van der Waals surface area contributed by atoms with Gasteiger partial charge in [-0.3, -0.25) is 9.13 Å². The van der Waals surface area contributed by atoms with Gasteiger partial charge >= 0.3 is 11.8 Å². The zero-order valence-corrected chi connectivity index (χ0v) is 20.1. The minimum absolute atomic E-state index is 0.138. The molecule has 1 aliphatic carbocycles. The summed E-state index contributed by atoms with van der Waals surface area (Å²) in [4.78, 5) is 39.9. The molecule has 5 rings (SSSR count). The van der Waals surface area contributed by atoms with Gasteiger partial charge in [0.1, 0.15) is 23.3 Å². The highest BCUT2D eigenvalue weighted by Gasteiger charge is 2.31. The van der Waals surface area contributed by atoms with Crippen molar-refractivity contribution in [1.29, 1.82) is 0 Å². The van der Waals surface area contributed by atoms with Crippen LogP contribution in [0.5, 0.6) is 0 Å². The molecule has 0 atom stereocenters. The van der Waals surface area contributed by atoms with Crippen molar-refractivity contribution in [3.05, 3.63) is 47.0 Å². The Morgan fingerprint density at radius 1 is 1.11 bits per heavy atom. The molecular formula is C24H27FN6O4. The molecule has 0 amide bonds. The fraction of sp³-hybridized carbons (Fsp3) is 0.458. The molecule has 0 bridgehead atoms. The number of hydrogen-bond acceptors (Lipinski definition) is 7. The maximum atomic E-state index is 13.9. The molecule has 0 saturated heterocycles. The monoisotopic (exact) mass is 482 g/mol. The first kappa shape index (κ1) is 23.2. The molecule has 0 spiro atoms. The summed E-state index contributed by atoms with van der Waals surface area (Å²) in [6.45, 7) is 5.21. The number of carbonyl (C=O) groups is 1. The largest absolute Gasteiger partial charge is 0.443 e. The maximum absolute atomic E-state index is 13.9. The highest BCUT2D eigenvalue weighted by molar-refractivity contribution is 5.85. The van der Waals surface area contributed by atoms with E-state index in [1.807, 2.05) is 0 Å². The number of imidazole rings is 2. The van der Waals surface area contributed by atoms with E-state index in [1.54, 1.807) is 43.1 Å². The molecule has 1 fully saturated rings. The Bertz CT molecular complexity index is 1470. The van der Waals surface area contributed by atoms with Crippen LogP contribution in [0.25, 0.3) is 28.1 Å². The second kappa shape index (κ2) is 8.56. The normalized spacial score (nSPS) is 18.9. The third-order valence-electron chi connectivity index (χ3n) is 6.25. The number of ether oxygens (including phenoxy) is 2. The number of hydrogen-bond donors (Lipinski definition) is 0. The standard InChI is InChI=1S/C24H27FN6O4/c1-24(2,3)35-23(33)31-19-12-26-21(29-13-27-17-10-5-14(25)11-18(17)29)28-20(19)30(22(31)32)15-6-8-16(34-4)9-7-15/h5,10-13,15-16H,6-9H2,1-4H3. The van der Waals surface area contributed by atoms with Crippen molar-refractivity contribution in [1.82, 2.24) is 28.7 Å². The highest BCUT2D eigenvalue weighted by atomic mass is 19.1.